The molecule has 0 aliphatic rings. The molecule has 0 unspecified atom stereocenters. The standard InChI is InChI=1S/C19H14ClN3O/c1-11-6-7-12(20)10-16(11)22-15-8-9-21-18-17(15)13-4-2-3-5-14(13)19(24)23-18/h2-10H,1H3,(H2,21,22,23,24). The second-order valence-corrected chi connectivity index (χ2v) is 6.10. The van der Waals surface area contributed by atoms with Crippen LogP contribution in [0, 0.1) is 6.92 Å². The summed E-state index contributed by atoms with van der Waals surface area (Å²) in [5.74, 6) is 0. The number of fused-ring (bicyclic) bond motifs is 3. The summed E-state index contributed by atoms with van der Waals surface area (Å²) in [5, 5.41) is 6.48. The molecule has 0 saturated heterocycles. The van der Waals surface area contributed by atoms with Crippen LogP contribution in [0.2, 0.25) is 5.02 Å². The van der Waals surface area contributed by atoms with Gasteiger partial charge in [0.25, 0.3) is 5.56 Å². The molecule has 24 heavy (non-hydrogen) atoms. The zero-order valence-electron chi connectivity index (χ0n) is 12.9. The Bertz CT molecular complexity index is 1130. The Hall–Kier alpha value is -2.85. The first-order valence-corrected chi connectivity index (χ1v) is 7.94. The van der Waals surface area contributed by atoms with Gasteiger partial charge in [0.2, 0.25) is 0 Å². The van der Waals surface area contributed by atoms with Crippen LogP contribution in [0.15, 0.2) is 59.5 Å². The van der Waals surface area contributed by atoms with E-state index in [1.54, 1.807) is 6.20 Å². The van der Waals surface area contributed by atoms with Gasteiger partial charge in [-0.25, -0.2) is 4.98 Å². The molecule has 0 saturated carbocycles. The van der Waals surface area contributed by atoms with Gasteiger partial charge in [0, 0.05) is 33.1 Å². The number of pyridine rings is 2. The van der Waals surface area contributed by atoms with E-state index in [9.17, 15) is 4.79 Å². The summed E-state index contributed by atoms with van der Waals surface area (Å²) in [4.78, 5) is 19.4. The first kappa shape index (κ1) is 14.7. The van der Waals surface area contributed by atoms with Crippen LogP contribution in [0.25, 0.3) is 21.8 Å². The third-order valence-corrected chi connectivity index (χ3v) is 4.33. The largest absolute Gasteiger partial charge is 0.355 e. The van der Waals surface area contributed by atoms with Crippen molar-refractivity contribution >= 4 is 44.8 Å². The molecule has 0 fully saturated rings. The quantitative estimate of drug-likeness (QED) is 0.518. The van der Waals surface area contributed by atoms with Crippen molar-refractivity contribution in [3.05, 3.63) is 75.7 Å². The maximum atomic E-state index is 12.2. The Kier molecular flexibility index (Phi) is 3.47. The predicted octanol–water partition coefficient (Wildman–Crippen LogP) is 4.78. The molecule has 4 nitrogen and oxygen atoms in total. The van der Waals surface area contributed by atoms with Crippen LogP contribution in [-0.2, 0) is 0 Å². The molecule has 0 aliphatic carbocycles. The van der Waals surface area contributed by atoms with Gasteiger partial charge >= 0.3 is 0 Å². The van der Waals surface area contributed by atoms with Crippen LogP contribution in [0.3, 0.4) is 0 Å². The van der Waals surface area contributed by atoms with Crippen LogP contribution < -0.4 is 10.9 Å². The van der Waals surface area contributed by atoms with E-state index in [0.717, 1.165) is 27.7 Å². The van der Waals surface area contributed by atoms with E-state index in [0.29, 0.717) is 16.1 Å². The van der Waals surface area contributed by atoms with Crippen molar-refractivity contribution in [2.24, 2.45) is 0 Å². The fourth-order valence-corrected chi connectivity index (χ4v) is 3.05. The minimum absolute atomic E-state index is 0.137. The van der Waals surface area contributed by atoms with Gasteiger partial charge in [0.1, 0.15) is 5.65 Å². The lowest BCUT2D eigenvalue weighted by atomic mass is 10.1. The minimum Gasteiger partial charge on any atom is -0.355 e. The first-order chi connectivity index (χ1) is 11.6. The van der Waals surface area contributed by atoms with E-state index in [-0.39, 0.29) is 5.56 Å². The van der Waals surface area contributed by atoms with E-state index in [1.807, 2.05) is 55.5 Å². The van der Waals surface area contributed by atoms with Gasteiger partial charge in [0.15, 0.2) is 0 Å². The zero-order chi connectivity index (χ0) is 16.7. The van der Waals surface area contributed by atoms with Crippen molar-refractivity contribution < 1.29 is 0 Å². The molecule has 118 valence electrons. The van der Waals surface area contributed by atoms with Crippen molar-refractivity contribution in [2.75, 3.05) is 5.32 Å². The fourth-order valence-electron chi connectivity index (χ4n) is 2.88. The summed E-state index contributed by atoms with van der Waals surface area (Å²) in [5.41, 5.74) is 3.30. The highest BCUT2D eigenvalue weighted by molar-refractivity contribution is 6.31. The molecule has 0 spiro atoms. The molecule has 2 aromatic carbocycles. The van der Waals surface area contributed by atoms with Crippen LogP contribution in [0.1, 0.15) is 5.56 Å². The molecule has 0 radical (unpaired) electrons. The Morgan fingerprint density at radius 3 is 2.67 bits per heavy atom. The number of rotatable bonds is 2. The third kappa shape index (κ3) is 2.41. The SMILES string of the molecule is Cc1ccc(Cl)cc1Nc1ccnc2[nH]c(=O)c3ccccc3c12. The number of halogens is 1. The number of aromatic nitrogens is 2. The lowest BCUT2D eigenvalue weighted by Gasteiger charge is -2.13. The van der Waals surface area contributed by atoms with Crippen LogP contribution in [-0.4, -0.2) is 9.97 Å². The Morgan fingerprint density at radius 1 is 1.04 bits per heavy atom. The highest BCUT2D eigenvalue weighted by Crippen LogP contribution is 2.31. The summed E-state index contributed by atoms with van der Waals surface area (Å²) in [6.45, 7) is 2.02. The average Bonchev–Trinajstić information content (AvgIpc) is 2.58. The molecule has 0 bridgehead atoms. The summed E-state index contributed by atoms with van der Waals surface area (Å²) in [7, 11) is 0. The number of anilines is 2. The number of hydrogen-bond donors (Lipinski definition) is 2. The molecule has 0 aliphatic heterocycles. The van der Waals surface area contributed by atoms with Gasteiger partial charge in [-0.1, -0.05) is 35.9 Å². The van der Waals surface area contributed by atoms with Crippen LogP contribution in [0.4, 0.5) is 11.4 Å². The lowest BCUT2D eigenvalue weighted by Crippen LogP contribution is -2.08. The van der Waals surface area contributed by atoms with Crippen LogP contribution in [0.5, 0.6) is 0 Å². The molecular weight excluding hydrogens is 322 g/mol. The molecule has 4 aromatic rings. The lowest BCUT2D eigenvalue weighted by molar-refractivity contribution is 1.25. The molecule has 0 atom stereocenters. The Labute approximate surface area is 143 Å². The predicted molar refractivity (Wildman–Crippen MR) is 99.3 cm³/mol. The number of nitrogens with zero attached hydrogens (tertiary/aromatic N) is 1. The molecule has 2 aromatic heterocycles. The van der Waals surface area contributed by atoms with Crippen molar-refractivity contribution in [3.63, 3.8) is 0 Å². The second kappa shape index (κ2) is 5.65. The monoisotopic (exact) mass is 335 g/mol. The van der Waals surface area contributed by atoms with E-state index in [1.165, 1.54) is 0 Å². The summed E-state index contributed by atoms with van der Waals surface area (Å²) in [6, 6.07) is 15.1. The number of nitrogens with one attached hydrogen (secondary N) is 2. The molecule has 4 rings (SSSR count). The third-order valence-electron chi connectivity index (χ3n) is 4.09. The molecule has 0 amide bonds. The molecule has 2 N–H and O–H groups in total. The normalized spacial score (nSPS) is 11.1. The van der Waals surface area contributed by atoms with Crippen molar-refractivity contribution in [2.45, 2.75) is 6.92 Å². The summed E-state index contributed by atoms with van der Waals surface area (Å²) in [6.07, 6.45) is 1.68. The summed E-state index contributed by atoms with van der Waals surface area (Å²) >= 11 is 6.12. The zero-order valence-corrected chi connectivity index (χ0v) is 13.7. The second-order valence-electron chi connectivity index (χ2n) is 5.67. The van der Waals surface area contributed by atoms with Crippen molar-refractivity contribution in [1.82, 2.24) is 9.97 Å². The van der Waals surface area contributed by atoms with Crippen molar-refractivity contribution in [1.29, 1.82) is 0 Å². The molecular formula is C19H14ClN3O. The van der Waals surface area contributed by atoms with Gasteiger partial charge in [0.05, 0.1) is 5.69 Å². The smallest absolute Gasteiger partial charge is 0.257 e. The summed E-state index contributed by atoms with van der Waals surface area (Å²) < 4.78 is 0. The number of aryl methyl sites for hydroxylation is 1. The number of H-pyrrole nitrogens is 1. The van der Waals surface area contributed by atoms with Crippen LogP contribution >= 0.6 is 11.6 Å². The maximum absolute atomic E-state index is 12.2. The minimum atomic E-state index is -0.137. The van der Waals surface area contributed by atoms with E-state index in [2.05, 4.69) is 15.3 Å². The maximum Gasteiger partial charge on any atom is 0.257 e. The van der Waals surface area contributed by atoms with Gasteiger partial charge < -0.3 is 10.3 Å². The first-order valence-electron chi connectivity index (χ1n) is 7.56. The number of hydrogen-bond acceptors (Lipinski definition) is 3. The van der Waals surface area contributed by atoms with E-state index >= 15 is 0 Å². The fraction of sp³-hybridized carbons (Fsp3) is 0.0526. The van der Waals surface area contributed by atoms with Gasteiger partial charge in [-0.3, -0.25) is 4.79 Å². The topological polar surface area (TPSA) is 57.8 Å². The average molecular weight is 336 g/mol. The van der Waals surface area contributed by atoms with Gasteiger partial charge in [-0.15, -0.1) is 0 Å². The molecule has 2 heterocycles. The van der Waals surface area contributed by atoms with Gasteiger partial charge in [-0.05, 0) is 36.8 Å². The number of benzene rings is 2. The Balaban J connectivity index is 2.01. The van der Waals surface area contributed by atoms with E-state index < -0.39 is 0 Å². The highest BCUT2D eigenvalue weighted by Gasteiger charge is 2.11. The van der Waals surface area contributed by atoms with Gasteiger partial charge in [-0.2, -0.15) is 0 Å². The van der Waals surface area contributed by atoms with Crippen molar-refractivity contribution in [3.8, 4) is 0 Å². The molecule has 5 heteroatoms. The Morgan fingerprint density at radius 2 is 1.83 bits per heavy atom. The van der Waals surface area contributed by atoms with E-state index in [4.69, 9.17) is 11.6 Å². The number of aromatic amines is 1. The highest BCUT2D eigenvalue weighted by atomic mass is 35.5.